The van der Waals surface area contributed by atoms with Crippen LogP contribution in [0.2, 0.25) is 0 Å². The van der Waals surface area contributed by atoms with Gasteiger partial charge in [0.05, 0.1) is 22.1 Å². The maximum atomic E-state index is 2.49. The van der Waals surface area contributed by atoms with Crippen LogP contribution < -0.4 is 0 Å². The lowest BCUT2D eigenvalue weighted by molar-refractivity contribution is 1.17. The Morgan fingerprint density at radius 3 is 1.83 bits per heavy atom. The average Bonchev–Trinajstić information content (AvgIpc) is 3.63. The average molecular weight is 585 g/mol. The molecule has 46 heavy (non-hydrogen) atoms. The summed E-state index contributed by atoms with van der Waals surface area (Å²) in [6.45, 7) is 0. The van der Waals surface area contributed by atoms with Gasteiger partial charge in [-0.3, -0.25) is 0 Å². The first-order valence-electron chi connectivity index (χ1n) is 15.9. The number of para-hydroxylation sites is 1. The molecule has 0 amide bonds. The summed E-state index contributed by atoms with van der Waals surface area (Å²) in [6.07, 6.45) is 0. The Kier molecular flexibility index (Phi) is 5.31. The van der Waals surface area contributed by atoms with E-state index in [1.165, 1.54) is 82.0 Å². The summed E-state index contributed by atoms with van der Waals surface area (Å²) in [5, 5.41) is 10.1. The lowest BCUT2D eigenvalue weighted by Gasteiger charge is -2.12. The molecular weight excluding hydrogens is 556 g/mol. The summed E-state index contributed by atoms with van der Waals surface area (Å²) in [5.74, 6) is 0. The molecule has 0 atom stereocenters. The van der Waals surface area contributed by atoms with Crippen molar-refractivity contribution >= 4 is 65.2 Å². The molecule has 0 aliphatic rings. The van der Waals surface area contributed by atoms with Crippen LogP contribution in [0, 0.1) is 0 Å². The topological polar surface area (TPSA) is 9.86 Å². The third-order valence-electron chi connectivity index (χ3n) is 9.65. The minimum Gasteiger partial charge on any atom is -0.309 e. The van der Waals surface area contributed by atoms with Crippen LogP contribution in [-0.4, -0.2) is 9.13 Å². The van der Waals surface area contributed by atoms with E-state index in [9.17, 15) is 0 Å². The fourth-order valence-corrected chi connectivity index (χ4v) is 7.56. The Labute approximate surface area is 266 Å². The monoisotopic (exact) mass is 584 g/mol. The van der Waals surface area contributed by atoms with Crippen molar-refractivity contribution < 1.29 is 0 Å². The van der Waals surface area contributed by atoms with Crippen LogP contribution in [0.3, 0.4) is 0 Å². The van der Waals surface area contributed by atoms with Crippen molar-refractivity contribution in [2.45, 2.75) is 0 Å². The van der Waals surface area contributed by atoms with Gasteiger partial charge in [0.2, 0.25) is 0 Å². The minimum atomic E-state index is 1.16. The van der Waals surface area contributed by atoms with Crippen LogP contribution in [-0.2, 0) is 0 Å². The molecule has 8 aromatic carbocycles. The van der Waals surface area contributed by atoms with Crippen LogP contribution in [0.25, 0.3) is 87.7 Å². The van der Waals surface area contributed by atoms with Crippen molar-refractivity contribution in [3.05, 3.63) is 170 Å². The van der Waals surface area contributed by atoms with Gasteiger partial charge in [-0.1, -0.05) is 127 Å². The zero-order valence-electron chi connectivity index (χ0n) is 25.1. The highest BCUT2D eigenvalue weighted by molar-refractivity contribution is 6.23. The molecule has 2 aromatic heterocycles. The number of rotatable bonds is 3. The highest BCUT2D eigenvalue weighted by Crippen LogP contribution is 2.42. The van der Waals surface area contributed by atoms with Crippen LogP contribution in [0.1, 0.15) is 0 Å². The molecule has 0 fully saturated rings. The molecule has 0 saturated heterocycles. The van der Waals surface area contributed by atoms with E-state index in [0.29, 0.717) is 0 Å². The molecule has 0 bridgehead atoms. The van der Waals surface area contributed by atoms with E-state index < -0.39 is 0 Å². The highest BCUT2D eigenvalue weighted by atomic mass is 15.0. The third-order valence-corrected chi connectivity index (χ3v) is 9.65. The molecule has 0 saturated carbocycles. The first-order chi connectivity index (χ1) is 22.8. The van der Waals surface area contributed by atoms with Gasteiger partial charge in [0.1, 0.15) is 0 Å². The second-order valence-electron chi connectivity index (χ2n) is 12.2. The van der Waals surface area contributed by atoms with Crippen molar-refractivity contribution in [3.63, 3.8) is 0 Å². The van der Waals surface area contributed by atoms with Crippen molar-refractivity contribution in [1.29, 1.82) is 0 Å². The molecule has 0 spiro atoms. The Bertz CT molecular complexity index is 2800. The normalized spacial score (nSPS) is 11.9. The SMILES string of the molecule is c1ccc(-c2cccc(-n3c4ccccc4c4cc5c6ccc7ccccc7c6n(-c6ccc7ccccc7c6)c5cc43)c2)cc1. The molecule has 0 unspecified atom stereocenters. The van der Waals surface area contributed by atoms with Gasteiger partial charge in [-0.15, -0.1) is 0 Å². The molecular formula is C44H28N2. The van der Waals surface area contributed by atoms with Crippen LogP contribution in [0.15, 0.2) is 170 Å². The summed E-state index contributed by atoms with van der Waals surface area (Å²) in [7, 11) is 0. The summed E-state index contributed by atoms with van der Waals surface area (Å²) < 4.78 is 4.93. The molecule has 0 aliphatic heterocycles. The van der Waals surface area contributed by atoms with Gasteiger partial charge in [0.25, 0.3) is 0 Å². The number of hydrogen-bond donors (Lipinski definition) is 0. The molecule has 2 heteroatoms. The lowest BCUT2D eigenvalue weighted by Crippen LogP contribution is -1.96. The van der Waals surface area contributed by atoms with E-state index in [2.05, 4.69) is 179 Å². The Morgan fingerprint density at radius 2 is 0.935 bits per heavy atom. The predicted octanol–water partition coefficient (Wildman–Crippen LogP) is 11.9. The quantitative estimate of drug-likeness (QED) is 0.195. The van der Waals surface area contributed by atoms with Crippen molar-refractivity contribution in [2.24, 2.45) is 0 Å². The Balaban J connectivity index is 1.35. The van der Waals surface area contributed by atoms with E-state index in [1.54, 1.807) is 0 Å². The zero-order chi connectivity index (χ0) is 30.2. The largest absolute Gasteiger partial charge is 0.309 e. The third kappa shape index (κ3) is 3.65. The summed E-state index contributed by atoms with van der Waals surface area (Å²) in [5.41, 5.74) is 9.62. The molecule has 0 aliphatic carbocycles. The highest BCUT2D eigenvalue weighted by Gasteiger charge is 2.20. The summed E-state index contributed by atoms with van der Waals surface area (Å²) >= 11 is 0. The minimum absolute atomic E-state index is 1.16. The number of nitrogens with zero attached hydrogens (tertiary/aromatic N) is 2. The first-order valence-corrected chi connectivity index (χ1v) is 15.9. The fraction of sp³-hybridized carbons (Fsp3) is 0. The van der Waals surface area contributed by atoms with Gasteiger partial charge in [-0.05, 0) is 69.8 Å². The van der Waals surface area contributed by atoms with Gasteiger partial charge in [0, 0.05) is 38.3 Å². The van der Waals surface area contributed by atoms with Crippen molar-refractivity contribution in [2.75, 3.05) is 0 Å². The smallest absolute Gasteiger partial charge is 0.0619 e. The maximum Gasteiger partial charge on any atom is 0.0619 e. The number of fused-ring (bicyclic) bond motifs is 9. The second kappa shape index (κ2) is 9.69. The van der Waals surface area contributed by atoms with E-state index in [1.807, 2.05) is 0 Å². The zero-order valence-corrected chi connectivity index (χ0v) is 25.1. The van der Waals surface area contributed by atoms with Gasteiger partial charge < -0.3 is 9.13 Å². The Morgan fingerprint density at radius 1 is 0.283 bits per heavy atom. The summed E-state index contributed by atoms with van der Waals surface area (Å²) in [4.78, 5) is 0. The van der Waals surface area contributed by atoms with E-state index in [-0.39, 0.29) is 0 Å². The van der Waals surface area contributed by atoms with Gasteiger partial charge in [-0.2, -0.15) is 0 Å². The van der Waals surface area contributed by atoms with E-state index in [0.717, 1.165) is 5.69 Å². The molecule has 214 valence electrons. The van der Waals surface area contributed by atoms with Crippen LogP contribution in [0.4, 0.5) is 0 Å². The molecule has 0 N–H and O–H groups in total. The molecule has 2 heterocycles. The lowest BCUT2D eigenvalue weighted by atomic mass is 10.0. The molecule has 2 nitrogen and oxygen atoms in total. The maximum absolute atomic E-state index is 2.49. The van der Waals surface area contributed by atoms with Crippen molar-refractivity contribution in [1.82, 2.24) is 9.13 Å². The molecule has 0 radical (unpaired) electrons. The molecule has 10 aromatic rings. The van der Waals surface area contributed by atoms with Crippen LogP contribution in [0.5, 0.6) is 0 Å². The molecule has 10 rings (SSSR count). The second-order valence-corrected chi connectivity index (χ2v) is 12.2. The van der Waals surface area contributed by atoms with Gasteiger partial charge >= 0.3 is 0 Å². The van der Waals surface area contributed by atoms with E-state index in [4.69, 9.17) is 0 Å². The van der Waals surface area contributed by atoms with Crippen LogP contribution >= 0.6 is 0 Å². The standard InChI is InChI=1S/C44H28N2/c1-2-11-29(12-3-1)33-16-10-17-34(25-33)45-41-20-9-8-19-37(41)39-27-40-38-24-22-31-14-6-7-18-36(31)44(38)46(43(40)28-42(39)45)35-23-21-30-13-4-5-15-32(30)26-35/h1-28H. The number of benzene rings is 8. The van der Waals surface area contributed by atoms with Gasteiger partial charge in [0.15, 0.2) is 0 Å². The fourth-order valence-electron chi connectivity index (χ4n) is 7.56. The number of hydrogen-bond acceptors (Lipinski definition) is 0. The van der Waals surface area contributed by atoms with E-state index >= 15 is 0 Å². The summed E-state index contributed by atoms with van der Waals surface area (Å²) in [6, 6.07) is 62.1. The Hall–Kier alpha value is -6.12. The van der Waals surface area contributed by atoms with Gasteiger partial charge in [-0.25, -0.2) is 0 Å². The first kappa shape index (κ1) is 25.2. The predicted molar refractivity (Wildman–Crippen MR) is 196 cm³/mol. The van der Waals surface area contributed by atoms with Crippen molar-refractivity contribution in [3.8, 4) is 22.5 Å². The number of aromatic nitrogens is 2.